The Kier molecular flexibility index (Phi) is 2.19. The summed E-state index contributed by atoms with van der Waals surface area (Å²) in [6.45, 7) is 0.211. The molecule has 3 heteroatoms. The van der Waals surface area contributed by atoms with Crippen LogP contribution in [-0.2, 0) is 6.67 Å². The van der Waals surface area contributed by atoms with Gasteiger partial charge in [-0.2, -0.15) is 0 Å². The predicted molar refractivity (Wildman–Crippen MR) is 48.5 cm³/mol. The molecule has 0 saturated carbocycles. The van der Waals surface area contributed by atoms with Crippen LogP contribution in [0, 0.1) is 0 Å². The van der Waals surface area contributed by atoms with Gasteiger partial charge >= 0.3 is 0 Å². The summed E-state index contributed by atoms with van der Waals surface area (Å²) in [4.78, 5) is 0. The summed E-state index contributed by atoms with van der Waals surface area (Å²) in [6, 6.07) is 5.76. The molecule has 1 aromatic rings. The molecule has 1 aromatic carbocycles. The molecule has 2 nitrogen and oxygen atoms in total. The minimum absolute atomic E-state index is 0.253. The van der Waals surface area contributed by atoms with Crippen molar-refractivity contribution in [2.45, 2.75) is 12.7 Å². The molecule has 1 aliphatic rings. The third-order valence-electron chi connectivity index (χ3n) is 2.36. The number of likely N-dealkylation sites (N-methyl/N-ethyl adjacent to an activating group) is 1. The first-order valence-electron chi connectivity index (χ1n) is 4.34. The second kappa shape index (κ2) is 3.34. The van der Waals surface area contributed by atoms with Crippen molar-refractivity contribution >= 4 is 0 Å². The zero-order valence-corrected chi connectivity index (χ0v) is 7.51. The van der Waals surface area contributed by atoms with Crippen molar-refractivity contribution in [3.05, 3.63) is 29.3 Å². The third-order valence-corrected chi connectivity index (χ3v) is 2.36. The molecule has 1 atom stereocenters. The Bertz CT molecular complexity index is 314. The van der Waals surface area contributed by atoms with Gasteiger partial charge in [0.1, 0.15) is 19.0 Å². The number of alkyl halides is 1. The Morgan fingerprint density at radius 2 is 2.46 bits per heavy atom. The molecule has 0 aliphatic carbocycles. The molecular formula is C10H12FNO. The Labute approximate surface area is 76.7 Å². The third kappa shape index (κ3) is 1.40. The monoisotopic (exact) mass is 181 g/mol. The number of halogens is 1. The summed E-state index contributed by atoms with van der Waals surface area (Å²) >= 11 is 0. The average molecular weight is 181 g/mol. The quantitative estimate of drug-likeness (QED) is 0.751. The maximum absolute atomic E-state index is 12.3. The van der Waals surface area contributed by atoms with E-state index in [9.17, 15) is 4.39 Å². The summed E-state index contributed by atoms with van der Waals surface area (Å²) in [6.07, 6.45) is 0. The van der Waals surface area contributed by atoms with Crippen LogP contribution in [0.3, 0.4) is 0 Å². The number of ether oxygens (including phenoxy) is 1. The summed E-state index contributed by atoms with van der Waals surface area (Å²) in [5.74, 6) is 0.814. The van der Waals surface area contributed by atoms with E-state index in [1.807, 2.05) is 13.1 Å². The van der Waals surface area contributed by atoms with Gasteiger partial charge in [0.05, 0.1) is 6.04 Å². The lowest BCUT2D eigenvalue weighted by Gasteiger charge is -2.05. The number of benzene rings is 1. The van der Waals surface area contributed by atoms with Crippen LogP contribution in [0.4, 0.5) is 4.39 Å². The first kappa shape index (κ1) is 8.51. The van der Waals surface area contributed by atoms with Gasteiger partial charge in [0, 0.05) is 5.56 Å². The highest BCUT2D eigenvalue weighted by Crippen LogP contribution is 2.32. The van der Waals surface area contributed by atoms with Crippen LogP contribution >= 0.6 is 0 Å². The summed E-state index contributed by atoms with van der Waals surface area (Å²) in [5, 5.41) is 3.14. The molecular weight excluding hydrogens is 169 g/mol. The number of nitrogens with one attached hydrogen (secondary N) is 1. The molecule has 0 saturated heterocycles. The van der Waals surface area contributed by atoms with Crippen LogP contribution in [0.5, 0.6) is 5.75 Å². The molecule has 2 rings (SSSR count). The zero-order valence-electron chi connectivity index (χ0n) is 7.51. The van der Waals surface area contributed by atoms with Gasteiger partial charge in [0.15, 0.2) is 0 Å². The van der Waals surface area contributed by atoms with Crippen LogP contribution in [-0.4, -0.2) is 13.7 Å². The SMILES string of the molecule is CN[C@@H]1COc2cc(CF)ccc21. The van der Waals surface area contributed by atoms with Gasteiger partial charge in [-0.25, -0.2) is 4.39 Å². The number of rotatable bonds is 2. The Balaban J connectivity index is 2.34. The lowest BCUT2D eigenvalue weighted by Crippen LogP contribution is -2.17. The van der Waals surface area contributed by atoms with E-state index in [1.54, 1.807) is 12.1 Å². The van der Waals surface area contributed by atoms with Crippen molar-refractivity contribution in [1.82, 2.24) is 5.32 Å². The smallest absolute Gasteiger partial charge is 0.124 e. The average Bonchev–Trinajstić information content (AvgIpc) is 2.59. The van der Waals surface area contributed by atoms with E-state index in [2.05, 4.69) is 5.32 Å². The highest BCUT2D eigenvalue weighted by atomic mass is 19.1. The molecule has 0 spiro atoms. The molecule has 0 fully saturated rings. The Hall–Kier alpha value is -1.09. The minimum atomic E-state index is -0.430. The van der Waals surface area contributed by atoms with Crippen LogP contribution < -0.4 is 10.1 Å². The standard InChI is InChI=1S/C10H12FNO/c1-12-9-6-13-10-4-7(5-11)2-3-8(9)10/h2-4,9,12H,5-6H2,1H3/t9-/m1/s1. The van der Waals surface area contributed by atoms with Gasteiger partial charge in [-0.05, 0) is 18.7 Å². The number of hydrogen-bond donors (Lipinski definition) is 1. The second-order valence-corrected chi connectivity index (χ2v) is 3.16. The highest BCUT2D eigenvalue weighted by molar-refractivity contribution is 5.42. The van der Waals surface area contributed by atoms with Crippen molar-refractivity contribution in [3.63, 3.8) is 0 Å². The van der Waals surface area contributed by atoms with E-state index in [0.29, 0.717) is 12.2 Å². The van der Waals surface area contributed by atoms with Crippen LogP contribution in [0.25, 0.3) is 0 Å². The van der Waals surface area contributed by atoms with Crippen molar-refractivity contribution in [1.29, 1.82) is 0 Å². The van der Waals surface area contributed by atoms with Crippen molar-refractivity contribution in [3.8, 4) is 5.75 Å². The maximum Gasteiger partial charge on any atom is 0.124 e. The van der Waals surface area contributed by atoms with E-state index < -0.39 is 6.67 Å². The number of hydrogen-bond acceptors (Lipinski definition) is 2. The molecule has 0 radical (unpaired) electrons. The fourth-order valence-electron chi connectivity index (χ4n) is 1.58. The summed E-state index contributed by atoms with van der Waals surface area (Å²) < 4.78 is 17.7. The summed E-state index contributed by atoms with van der Waals surface area (Å²) in [5.41, 5.74) is 1.80. The van der Waals surface area contributed by atoms with Gasteiger partial charge in [-0.1, -0.05) is 12.1 Å². The molecule has 1 aliphatic heterocycles. The summed E-state index contributed by atoms with van der Waals surface area (Å²) in [7, 11) is 1.90. The Morgan fingerprint density at radius 1 is 1.62 bits per heavy atom. The number of fused-ring (bicyclic) bond motifs is 1. The zero-order chi connectivity index (χ0) is 9.26. The molecule has 0 aromatic heterocycles. The maximum atomic E-state index is 12.3. The molecule has 0 bridgehead atoms. The van der Waals surface area contributed by atoms with Crippen molar-refractivity contribution in [2.75, 3.05) is 13.7 Å². The van der Waals surface area contributed by atoms with Crippen molar-refractivity contribution in [2.24, 2.45) is 0 Å². The molecule has 0 amide bonds. The van der Waals surface area contributed by atoms with Gasteiger partial charge in [-0.15, -0.1) is 0 Å². The Morgan fingerprint density at radius 3 is 3.15 bits per heavy atom. The lowest BCUT2D eigenvalue weighted by atomic mass is 10.1. The molecule has 70 valence electrons. The van der Waals surface area contributed by atoms with Crippen molar-refractivity contribution < 1.29 is 9.13 Å². The first-order chi connectivity index (χ1) is 6.35. The lowest BCUT2D eigenvalue weighted by molar-refractivity contribution is 0.317. The van der Waals surface area contributed by atoms with Crippen LogP contribution in [0.2, 0.25) is 0 Å². The molecule has 1 N–H and O–H groups in total. The molecule has 13 heavy (non-hydrogen) atoms. The van der Waals surface area contributed by atoms with E-state index >= 15 is 0 Å². The first-order valence-corrected chi connectivity index (χ1v) is 4.34. The highest BCUT2D eigenvalue weighted by Gasteiger charge is 2.22. The van der Waals surface area contributed by atoms with Gasteiger partial charge < -0.3 is 10.1 Å². The predicted octanol–water partition coefficient (Wildman–Crippen LogP) is 1.81. The molecule has 1 heterocycles. The van der Waals surface area contributed by atoms with Crippen LogP contribution in [0.15, 0.2) is 18.2 Å². The van der Waals surface area contributed by atoms with Gasteiger partial charge in [-0.3, -0.25) is 0 Å². The fraction of sp³-hybridized carbons (Fsp3) is 0.400. The fourth-order valence-corrected chi connectivity index (χ4v) is 1.58. The normalized spacial score (nSPS) is 19.7. The topological polar surface area (TPSA) is 21.3 Å². The van der Waals surface area contributed by atoms with E-state index in [4.69, 9.17) is 4.74 Å². The van der Waals surface area contributed by atoms with Gasteiger partial charge in [0.2, 0.25) is 0 Å². The second-order valence-electron chi connectivity index (χ2n) is 3.16. The largest absolute Gasteiger partial charge is 0.491 e. The van der Waals surface area contributed by atoms with Crippen LogP contribution in [0.1, 0.15) is 17.2 Å². The van der Waals surface area contributed by atoms with E-state index in [1.165, 1.54) is 0 Å². The van der Waals surface area contributed by atoms with E-state index in [-0.39, 0.29) is 6.04 Å². The van der Waals surface area contributed by atoms with Gasteiger partial charge in [0.25, 0.3) is 0 Å². The minimum Gasteiger partial charge on any atom is -0.491 e. The molecule has 0 unspecified atom stereocenters. The van der Waals surface area contributed by atoms with E-state index in [0.717, 1.165) is 11.3 Å².